The van der Waals surface area contributed by atoms with Crippen LogP contribution >= 0.6 is 11.6 Å². The average molecular weight is 547 g/mol. The summed E-state index contributed by atoms with van der Waals surface area (Å²) in [7, 11) is 0.721. The summed E-state index contributed by atoms with van der Waals surface area (Å²) in [4.78, 5) is 12.2. The third-order valence-electron chi connectivity index (χ3n) is 4.67. The Labute approximate surface area is 200 Å². The molecule has 6 nitrogen and oxygen atoms in total. The largest absolute Gasteiger partial charge is 0.459 e. The number of aryl methyl sites for hydroxylation is 1. The molecule has 0 saturated carbocycles. The third kappa shape index (κ3) is 5.05. The zero-order chi connectivity index (χ0) is 27.2. The van der Waals surface area contributed by atoms with Crippen molar-refractivity contribution >= 4 is 17.5 Å². The highest BCUT2D eigenvalue weighted by Crippen LogP contribution is 2.50. The van der Waals surface area contributed by atoms with Crippen LogP contribution in [0.25, 0.3) is 22.7 Å². The van der Waals surface area contributed by atoms with Crippen LogP contribution in [0, 0.1) is 0 Å². The van der Waals surface area contributed by atoms with Gasteiger partial charge in [0, 0.05) is 18.7 Å². The van der Waals surface area contributed by atoms with Crippen molar-refractivity contribution in [2.24, 2.45) is 7.05 Å². The van der Waals surface area contributed by atoms with Gasteiger partial charge in [0.05, 0.1) is 17.1 Å². The number of nitrogens with zero attached hydrogens (tertiary/aromatic N) is 3. The predicted octanol–water partition coefficient (Wildman–Crippen LogP) is 6.28. The van der Waals surface area contributed by atoms with E-state index in [9.17, 15) is 44.3 Å². The summed E-state index contributed by atoms with van der Waals surface area (Å²) >= 11 is 5.95. The number of carbonyl (C=O) groups excluding carboxylic acids is 1. The fourth-order valence-corrected chi connectivity index (χ4v) is 3.29. The summed E-state index contributed by atoms with van der Waals surface area (Å²) in [6.07, 6.45) is -12.0. The van der Waals surface area contributed by atoms with Gasteiger partial charge in [-0.25, -0.2) is 4.39 Å². The zero-order valence-electron chi connectivity index (χ0n) is 17.7. The lowest BCUT2D eigenvalue weighted by atomic mass is 10.0. The summed E-state index contributed by atoms with van der Waals surface area (Å²) in [6.45, 7) is 2.44. The lowest BCUT2D eigenvalue weighted by Gasteiger charge is -2.19. The van der Waals surface area contributed by atoms with E-state index in [1.54, 1.807) is 0 Å². The van der Waals surface area contributed by atoms with E-state index in [0.29, 0.717) is 0 Å². The van der Waals surface area contributed by atoms with E-state index >= 15 is 0 Å². The Morgan fingerprint density at radius 3 is 2.33 bits per heavy atom. The fraction of sp³-hybridized carbons (Fsp3) is 0.250. The molecule has 194 valence electrons. The van der Waals surface area contributed by atoms with Gasteiger partial charge in [-0.05, 0) is 18.2 Å². The van der Waals surface area contributed by atoms with E-state index in [4.69, 9.17) is 16.1 Å². The van der Waals surface area contributed by atoms with Gasteiger partial charge >= 0.3 is 18.3 Å². The van der Waals surface area contributed by atoms with Crippen molar-refractivity contribution in [1.82, 2.24) is 20.3 Å². The van der Waals surface area contributed by atoms with Crippen LogP contribution in [0.4, 0.5) is 39.5 Å². The van der Waals surface area contributed by atoms with Gasteiger partial charge in [-0.3, -0.25) is 9.48 Å². The normalized spacial score (nSPS) is 12.6. The molecule has 0 aliphatic heterocycles. The van der Waals surface area contributed by atoms with Crippen LogP contribution in [0.3, 0.4) is 0 Å². The van der Waals surface area contributed by atoms with Gasteiger partial charge in [-0.1, -0.05) is 23.3 Å². The van der Waals surface area contributed by atoms with Crippen LogP contribution in [-0.4, -0.2) is 33.6 Å². The molecule has 3 rings (SSSR count). The molecule has 0 aliphatic rings. The van der Waals surface area contributed by atoms with Gasteiger partial charge in [0.2, 0.25) is 0 Å². The van der Waals surface area contributed by atoms with Crippen molar-refractivity contribution in [1.29, 1.82) is 0 Å². The van der Waals surface area contributed by atoms with Gasteiger partial charge in [0.25, 0.3) is 5.91 Å². The topological polar surface area (TPSA) is 73.0 Å². The first-order valence-corrected chi connectivity index (χ1v) is 9.80. The molecule has 1 N–H and O–H groups in total. The number of amides is 1. The zero-order valence-corrected chi connectivity index (χ0v) is 18.4. The number of benzene rings is 1. The standard InChI is InChI=1S/C20H12ClF9N4O2/c1-8(22)7-31-17(35)10-5-9(3-4-11(10)21)13-6-12(33-36-13)15-14(19(25,26)27)16(32-34(15)2)18(23,24)20(28,29)30/h3-6H,1,7H2,2H3,(H,31,35). The van der Waals surface area contributed by atoms with Crippen LogP contribution < -0.4 is 5.32 Å². The summed E-state index contributed by atoms with van der Waals surface area (Å²) in [5.41, 5.74) is -7.08. The van der Waals surface area contributed by atoms with E-state index in [1.165, 1.54) is 12.1 Å². The first-order valence-electron chi connectivity index (χ1n) is 9.42. The monoisotopic (exact) mass is 546 g/mol. The molecule has 1 aromatic carbocycles. The minimum Gasteiger partial charge on any atom is -0.356 e. The fourth-order valence-electron chi connectivity index (χ4n) is 3.09. The molecule has 0 spiro atoms. The Morgan fingerprint density at radius 2 is 1.78 bits per heavy atom. The molecule has 16 heteroatoms. The van der Waals surface area contributed by atoms with E-state index in [-0.39, 0.29) is 26.6 Å². The summed E-state index contributed by atoms with van der Waals surface area (Å²) in [6, 6.07) is 4.39. The molecule has 2 heterocycles. The highest BCUT2D eigenvalue weighted by atomic mass is 35.5. The van der Waals surface area contributed by atoms with Crippen molar-refractivity contribution in [3.05, 3.63) is 58.5 Å². The van der Waals surface area contributed by atoms with Gasteiger partial charge in [0.1, 0.15) is 22.8 Å². The maximum atomic E-state index is 13.9. The molecular weight excluding hydrogens is 535 g/mol. The van der Waals surface area contributed by atoms with Crippen molar-refractivity contribution in [3.63, 3.8) is 0 Å². The number of halogens is 10. The number of aromatic nitrogens is 3. The molecule has 36 heavy (non-hydrogen) atoms. The Bertz CT molecular complexity index is 1330. The van der Waals surface area contributed by atoms with Crippen molar-refractivity contribution in [3.8, 4) is 22.7 Å². The Morgan fingerprint density at radius 1 is 1.14 bits per heavy atom. The molecule has 0 bridgehead atoms. The number of hydrogen-bond donors (Lipinski definition) is 1. The molecule has 2 aromatic heterocycles. The molecule has 0 atom stereocenters. The Hall–Kier alpha value is -3.49. The SMILES string of the molecule is C=C(F)CNC(=O)c1cc(-c2cc(-c3c(C(F)(F)F)c(C(F)(F)C(F)(F)F)nn3C)no2)ccc1Cl. The van der Waals surface area contributed by atoms with Crippen LogP contribution in [0.2, 0.25) is 5.02 Å². The lowest BCUT2D eigenvalue weighted by molar-refractivity contribution is -0.292. The van der Waals surface area contributed by atoms with Crippen molar-refractivity contribution < 1.29 is 48.8 Å². The number of rotatable bonds is 6. The van der Waals surface area contributed by atoms with E-state index < -0.39 is 59.2 Å². The maximum absolute atomic E-state index is 13.9. The predicted molar refractivity (Wildman–Crippen MR) is 107 cm³/mol. The van der Waals surface area contributed by atoms with E-state index in [0.717, 1.165) is 19.2 Å². The molecule has 0 aliphatic carbocycles. The van der Waals surface area contributed by atoms with Crippen molar-refractivity contribution in [2.75, 3.05) is 6.54 Å². The van der Waals surface area contributed by atoms with Crippen LogP contribution in [-0.2, 0) is 19.1 Å². The Balaban J connectivity index is 2.10. The molecule has 0 unspecified atom stereocenters. The summed E-state index contributed by atoms with van der Waals surface area (Å²) in [5.74, 6) is -7.93. The van der Waals surface area contributed by atoms with Gasteiger partial charge in [-0.15, -0.1) is 0 Å². The van der Waals surface area contributed by atoms with Crippen molar-refractivity contribution in [2.45, 2.75) is 18.3 Å². The molecule has 3 aromatic rings. The van der Waals surface area contributed by atoms with Crippen LogP contribution in [0.15, 0.2) is 41.2 Å². The van der Waals surface area contributed by atoms with Gasteiger partial charge in [-0.2, -0.15) is 40.2 Å². The molecular formula is C20H12ClF9N4O2. The maximum Gasteiger partial charge on any atom is 0.459 e. The van der Waals surface area contributed by atoms with Crippen LogP contribution in [0.1, 0.15) is 21.6 Å². The van der Waals surface area contributed by atoms with Crippen LogP contribution in [0.5, 0.6) is 0 Å². The second kappa shape index (κ2) is 9.19. The second-order valence-corrected chi connectivity index (χ2v) is 7.64. The number of carbonyl (C=O) groups is 1. The molecule has 0 saturated heterocycles. The minimum absolute atomic E-state index is 0.0129. The third-order valence-corrected chi connectivity index (χ3v) is 5.00. The average Bonchev–Trinajstić information content (AvgIpc) is 3.36. The smallest absolute Gasteiger partial charge is 0.356 e. The summed E-state index contributed by atoms with van der Waals surface area (Å²) in [5, 5.41) is 8.22. The minimum atomic E-state index is -6.36. The van der Waals surface area contributed by atoms with Gasteiger partial charge in [0.15, 0.2) is 11.5 Å². The molecule has 0 fully saturated rings. The number of alkyl halides is 8. The molecule has 1 amide bonds. The first kappa shape index (κ1) is 27.1. The molecule has 0 radical (unpaired) electrons. The van der Waals surface area contributed by atoms with E-state index in [1.807, 2.05) is 0 Å². The Kier molecular flexibility index (Phi) is 6.92. The first-order chi connectivity index (χ1) is 16.4. The summed E-state index contributed by atoms with van der Waals surface area (Å²) < 4.78 is 125. The van der Waals surface area contributed by atoms with E-state index in [2.05, 4.69) is 22.2 Å². The number of hydrogen-bond acceptors (Lipinski definition) is 4. The van der Waals surface area contributed by atoms with Gasteiger partial charge < -0.3 is 9.84 Å². The number of nitrogens with one attached hydrogen (secondary N) is 1. The highest BCUT2D eigenvalue weighted by Gasteiger charge is 2.64. The lowest BCUT2D eigenvalue weighted by Crippen LogP contribution is -2.36. The second-order valence-electron chi connectivity index (χ2n) is 7.24. The highest BCUT2D eigenvalue weighted by molar-refractivity contribution is 6.34. The quantitative estimate of drug-likeness (QED) is 0.369.